The summed E-state index contributed by atoms with van der Waals surface area (Å²) in [5.41, 5.74) is -0.243. The number of nitrogens with zero attached hydrogens (tertiary/aromatic N) is 1. The number of nitrogens with one attached hydrogen (secondary N) is 1. The fourth-order valence-electron chi connectivity index (χ4n) is 4.25. The molecule has 0 fully saturated rings. The molecule has 2 N–H and O–H groups in total. The van der Waals surface area contributed by atoms with Crippen molar-refractivity contribution < 1.29 is 41.4 Å². The first kappa shape index (κ1) is 29.1. The number of benzene rings is 3. The van der Waals surface area contributed by atoms with E-state index in [2.05, 4.69) is 0 Å². The summed E-state index contributed by atoms with van der Waals surface area (Å²) in [4.78, 5) is 24.9. The van der Waals surface area contributed by atoms with Crippen molar-refractivity contribution in [2.45, 2.75) is 44.4 Å². The number of amides is 1. The summed E-state index contributed by atoms with van der Waals surface area (Å²) < 4.78 is 69.0. The molecule has 9 nitrogen and oxygen atoms in total. The minimum atomic E-state index is -4.67. The Balaban J connectivity index is 1.74. The van der Waals surface area contributed by atoms with Gasteiger partial charge >= 0.3 is 12.1 Å². The molecule has 0 spiro atoms. The van der Waals surface area contributed by atoms with Crippen LogP contribution in [0.2, 0.25) is 5.02 Å². The number of carboxylic acids is 1. The zero-order chi connectivity index (χ0) is 29.6. The van der Waals surface area contributed by atoms with E-state index < -0.39 is 55.5 Å². The highest BCUT2D eigenvalue weighted by Gasteiger charge is 2.31. The summed E-state index contributed by atoms with van der Waals surface area (Å²) in [5, 5.41) is 9.03. The number of rotatable bonds is 6. The Hall–Kier alpha value is -3.90. The van der Waals surface area contributed by atoms with Gasteiger partial charge in [-0.1, -0.05) is 29.8 Å². The zero-order valence-electron chi connectivity index (χ0n) is 21.8. The van der Waals surface area contributed by atoms with Crippen LogP contribution >= 0.6 is 11.6 Å². The highest BCUT2D eigenvalue weighted by molar-refractivity contribution is 7.92. The number of hydrogen-bond donors (Lipinski definition) is 2. The third-order valence-electron chi connectivity index (χ3n) is 5.98. The second-order valence-corrected chi connectivity index (χ2v) is 12.0. The SMILES string of the molecule is COc1c(Cl)cc(C(=O)O)cc1S(=O)(=O)Nc1cc(-c2cccc3c2CN(C(=O)OC(C)(C)C)C3)c(F)cc1F. The summed E-state index contributed by atoms with van der Waals surface area (Å²) in [6.45, 7) is 5.50. The molecule has 0 saturated carbocycles. The molecule has 0 atom stereocenters. The van der Waals surface area contributed by atoms with Crippen LogP contribution in [0.25, 0.3) is 11.1 Å². The summed E-state index contributed by atoms with van der Waals surface area (Å²) >= 11 is 6.03. The zero-order valence-corrected chi connectivity index (χ0v) is 23.4. The van der Waals surface area contributed by atoms with E-state index in [0.717, 1.165) is 30.9 Å². The Morgan fingerprint density at radius 1 is 1.05 bits per heavy atom. The smallest absolute Gasteiger partial charge is 0.410 e. The van der Waals surface area contributed by atoms with Crippen LogP contribution in [-0.4, -0.2) is 43.2 Å². The Morgan fingerprint density at radius 2 is 1.75 bits per heavy atom. The molecule has 1 aliphatic heterocycles. The first-order valence-electron chi connectivity index (χ1n) is 11.8. The monoisotopic (exact) mass is 594 g/mol. The van der Waals surface area contributed by atoms with Crippen molar-refractivity contribution in [3.8, 4) is 16.9 Å². The van der Waals surface area contributed by atoms with Gasteiger partial charge < -0.3 is 14.6 Å². The molecule has 0 radical (unpaired) electrons. The topological polar surface area (TPSA) is 122 Å². The molecule has 1 amide bonds. The molecule has 40 heavy (non-hydrogen) atoms. The fourth-order valence-corrected chi connectivity index (χ4v) is 5.88. The van der Waals surface area contributed by atoms with Gasteiger partial charge in [-0.2, -0.15) is 0 Å². The van der Waals surface area contributed by atoms with Crippen molar-refractivity contribution in [1.82, 2.24) is 4.90 Å². The lowest BCUT2D eigenvalue weighted by Gasteiger charge is -2.24. The maximum Gasteiger partial charge on any atom is 0.410 e. The van der Waals surface area contributed by atoms with Crippen LogP contribution in [0.4, 0.5) is 19.3 Å². The third-order valence-corrected chi connectivity index (χ3v) is 7.63. The second-order valence-electron chi connectivity index (χ2n) is 9.99. The van der Waals surface area contributed by atoms with E-state index in [1.165, 1.54) is 4.90 Å². The molecule has 212 valence electrons. The van der Waals surface area contributed by atoms with Crippen LogP contribution < -0.4 is 9.46 Å². The number of aromatic carboxylic acids is 1. The average molecular weight is 595 g/mol. The van der Waals surface area contributed by atoms with Gasteiger partial charge in [-0.25, -0.2) is 26.8 Å². The molecule has 13 heteroatoms. The molecule has 1 aliphatic rings. The molecular weight excluding hydrogens is 570 g/mol. The van der Waals surface area contributed by atoms with Crippen LogP contribution in [0, 0.1) is 11.6 Å². The van der Waals surface area contributed by atoms with Crippen molar-refractivity contribution in [3.63, 3.8) is 0 Å². The van der Waals surface area contributed by atoms with Crippen LogP contribution in [0.5, 0.6) is 5.75 Å². The minimum absolute atomic E-state index is 0.0932. The third kappa shape index (κ3) is 5.82. The average Bonchev–Trinajstić information content (AvgIpc) is 3.29. The van der Waals surface area contributed by atoms with Gasteiger partial charge in [0, 0.05) is 18.2 Å². The van der Waals surface area contributed by atoms with Gasteiger partial charge in [0.25, 0.3) is 10.0 Å². The molecule has 0 aliphatic carbocycles. The van der Waals surface area contributed by atoms with E-state index in [9.17, 15) is 27.5 Å². The number of sulfonamides is 1. The number of carbonyl (C=O) groups excluding carboxylic acids is 1. The molecule has 3 aromatic rings. The Labute approximate surface area is 234 Å². The van der Waals surface area contributed by atoms with E-state index in [4.69, 9.17) is 21.1 Å². The van der Waals surface area contributed by atoms with E-state index in [1.54, 1.807) is 39.0 Å². The lowest BCUT2D eigenvalue weighted by Crippen LogP contribution is -2.33. The normalized spacial score (nSPS) is 13.1. The standard InChI is InChI=1S/C27H25ClF2N2O7S/c1-27(2,3)39-26(35)32-12-14-6-5-7-16(18(14)13-32)17-10-22(21(30)11-20(17)29)31-40(36,37)23-9-15(25(33)34)8-19(28)24(23)38-4/h5-11,31H,12-13H2,1-4H3,(H,33,34). The molecular formula is C27H25ClF2N2O7S. The number of hydrogen-bond acceptors (Lipinski definition) is 6. The largest absolute Gasteiger partial charge is 0.494 e. The Morgan fingerprint density at radius 3 is 2.38 bits per heavy atom. The van der Waals surface area contributed by atoms with Crippen LogP contribution in [0.3, 0.4) is 0 Å². The molecule has 0 unspecified atom stereocenters. The first-order valence-corrected chi connectivity index (χ1v) is 13.7. The maximum atomic E-state index is 15.1. The number of fused-ring (bicyclic) bond motifs is 1. The molecule has 1 heterocycles. The van der Waals surface area contributed by atoms with Crippen molar-refractivity contribution in [3.05, 3.63) is 75.8 Å². The predicted octanol–water partition coefficient (Wildman–Crippen LogP) is 6.04. The summed E-state index contributed by atoms with van der Waals surface area (Å²) in [7, 11) is -3.54. The maximum absolute atomic E-state index is 15.1. The molecule has 3 aromatic carbocycles. The van der Waals surface area contributed by atoms with Crippen LogP contribution in [-0.2, 0) is 27.8 Å². The van der Waals surface area contributed by atoms with Crippen molar-refractivity contribution in [2.75, 3.05) is 11.8 Å². The van der Waals surface area contributed by atoms with E-state index in [1.807, 2.05) is 4.72 Å². The van der Waals surface area contributed by atoms with E-state index >= 15 is 4.39 Å². The highest BCUT2D eigenvalue weighted by atomic mass is 35.5. The van der Waals surface area contributed by atoms with Gasteiger partial charge in [-0.15, -0.1) is 0 Å². The van der Waals surface area contributed by atoms with Gasteiger partial charge in [0.1, 0.15) is 22.1 Å². The van der Waals surface area contributed by atoms with Gasteiger partial charge in [0.15, 0.2) is 5.75 Å². The quantitative estimate of drug-likeness (QED) is 0.356. The van der Waals surface area contributed by atoms with Crippen LogP contribution in [0.15, 0.2) is 47.4 Å². The van der Waals surface area contributed by atoms with E-state index in [0.29, 0.717) is 17.2 Å². The molecule has 0 aromatic heterocycles. The van der Waals surface area contributed by atoms with Crippen molar-refractivity contribution in [2.24, 2.45) is 0 Å². The summed E-state index contributed by atoms with van der Waals surface area (Å²) in [5.74, 6) is -3.98. The van der Waals surface area contributed by atoms with Crippen molar-refractivity contribution in [1.29, 1.82) is 0 Å². The number of methoxy groups -OCH3 is 1. The fraction of sp³-hybridized carbons (Fsp3) is 0.259. The molecule has 0 saturated heterocycles. The Bertz CT molecular complexity index is 1640. The van der Waals surface area contributed by atoms with E-state index in [-0.39, 0.29) is 29.4 Å². The predicted molar refractivity (Wildman–Crippen MR) is 143 cm³/mol. The van der Waals surface area contributed by atoms with Gasteiger partial charge in [-0.05, 0) is 55.7 Å². The van der Waals surface area contributed by atoms with Gasteiger partial charge in [0.05, 0.1) is 29.9 Å². The summed E-state index contributed by atoms with van der Waals surface area (Å²) in [6, 6.07) is 8.32. The lowest BCUT2D eigenvalue weighted by atomic mass is 9.96. The number of carboxylic acid groups (broad SMARTS) is 1. The minimum Gasteiger partial charge on any atom is -0.494 e. The van der Waals surface area contributed by atoms with Gasteiger partial charge in [-0.3, -0.25) is 9.62 Å². The second kappa shape index (κ2) is 10.6. The number of ether oxygens (including phenoxy) is 2. The summed E-state index contributed by atoms with van der Waals surface area (Å²) in [6.07, 6.45) is -0.557. The molecule has 0 bridgehead atoms. The number of carbonyl (C=O) groups is 2. The number of anilines is 1. The van der Waals surface area contributed by atoms with Crippen LogP contribution in [0.1, 0.15) is 42.3 Å². The van der Waals surface area contributed by atoms with Crippen molar-refractivity contribution >= 4 is 39.4 Å². The highest BCUT2D eigenvalue weighted by Crippen LogP contribution is 2.38. The lowest BCUT2D eigenvalue weighted by molar-refractivity contribution is 0.0241. The Kier molecular flexibility index (Phi) is 7.70. The molecule has 4 rings (SSSR count). The first-order chi connectivity index (χ1) is 18.6. The van der Waals surface area contributed by atoms with Gasteiger partial charge in [0.2, 0.25) is 0 Å². The number of halogens is 3.